The minimum Gasteiger partial charge on any atom is -0.192 e. The van der Waals surface area contributed by atoms with E-state index in [9.17, 15) is 5.26 Å². The molecule has 1 aliphatic carbocycles. The summed E-state index contributed by atoms with van der Waals surface area (Å²) in [5, 5.41) is 10.3. The fourth-order valence-corrected chi connectivity index (χ4v) is 7.36. The van der Waals surface area contributed by atoms with Crippen molar-refractivity contribution in [3.8, 4) is 28.3 Å². The molecular formula is C32H18ClNS. The van der Waals surface area contributed by atoms with Gasteiger partial charge in [-0.3, -0.25) is 0 Å². The number of nitriles is 1. The summed E-state index contributed by atoms with van der Waals surface area (Å²) < 4.78 is 0. The Morgan fingerprint density at radius 3 is 2.03 bits per heavy atom. The lowest BCUT2D eigenvalue weighted by atomic mass is 9.67. The average molecular weight is 484 g/mol. The Morgan fingerprint density at radius 1 is 0.629 bits per heavy atom. The van der Waals surface area contributed by atoms with E-state index < -0.39 is 5.41 Å². The van der Waals surface area contributed by atoms with Gasteiger partial charge in [-0.2, -0.15) is 5.26 Å². The van der Waals surface area contributed by atoms with Gasteiger partial charge in [0.05, 0.1) is 17.0 Å². The Bertz CT molecular complexity index is 1670. The zero-order valence-corrected chi connectivity index (χ0v) is 20.2. The molecule has 1 aliphatic heterocycles. The van der Waals surface area contributed by atoms with Crippen molar-refractivity contribution >= 4 is 23.4 Å². The molecule has 35 heavy (non-hydrogen) atoms. The van der Waals surface area contributed by atoms with E-state index in [1.165, 1.54) is 43.2 Å². The summed E-state index contributed by atoms with van der Waals surface area (Å²) >= 11 is 8.43. The topological polar surface area (TPSA) is 23.8 Å². The van der Waals surface area contributed by atoms with Crippen molar-refractivity contribution in [1.29, 1.82) is 5.26 Å². The van der Waals surface area contributed by atoms with E-state index in [0.717, 1.165) is 16.1 Å². The van der Waals surface area contributed by atoms with Crippen molar-refractivity contribution < 1.29 is 0 Å². The van der Waals surface area contributed by atoms with E-state index in [2.05, 4.69) is 91.0 Å². The molecule has 0 aromatic heterocycles. The van der Waals surface area contributed by atoms with Crippen molar-refractivity contribution in [1.82, 2.24) is 0 Å². The normalized spacial score (nSPS) is 13.9. The quantitative estimate of drug-likeness (QED) is 0.233. The van der Waals surface area contributed by atoms with E-state index >= 15 is 0 Å². The molecule has 1 spiro atoms. The van der Waals surface area contributed by atoms with E-state index in [4.69, 9.17) is 11.6 Å². The van der Waals surface area contributed by atoms with Crippen LogP contribution < -0.4 is 0 Å². The molecule has 0 N–H and O–H groups in total. The van der Waals surface area contributed by atoms with E-state index in [1.807, 2.05) is 24.3 Å². The fourth-order valence-electron chi connectivity index (χ4n) is 5.88. The first kappa shape index (κ1) is 20.6. The minimum atomic E-state index is -0.461. The minimum absolute atomic E-state index is 0.461. The molecule has 0 amide bonds. The van der Waals surface area contributed by atoms with Gasteiger partial charge in [0.25, 0.3) is 0 Å². The third kappa shape index (κ3) is 2.77. The molecule has 0 saturated carbocycles. The van der Waals surface area contributed by atoms with Gasteiger partial charge in [-0.25, -0.2) is 0 Å². The maximum absolute atomic E-state index is 9.52. The lowest BCUT2D eigenvalue weighted by Crippen LogP contribution is -2.32. The lowest BCUT2D eigenvalue weighted by Gasteiger charge is -2.40. The van der Waals surface area contributed by atoms with Crippen molar-refractivity contribution in [3.05, 3.63) is 142 Å². The molecule has 3 heteroatoms. The zero-order valence-electron chi connectivity index (χ0n) is 18.6. The summed E-state index contributed by atoms with van der Waals surface area (Å²) in [6.45, 7) is 0. The highest BCUT2D eigenvalue weighted by Gasteiger charge is 2.50. The van der Waals surface area contributed by atoms with Crippen LogP contribution in [0.25, 0.3) is 22.3 Å². The van der Waals surface area contributed by atoms with Crippen LogP contribution in [0.5, 0.6) is 0 Å². The first-order valence-electron chi connectivity index (χ1n) is 11.5. The first-order chi connectivity index (χ1) is 17.2. The lowest BCUT2D eigenvalue weighted by molar-refractivity contribution is 0.723. The van der Waals surface area contributed by atoms with Crippen molar-refractivity contribution in [2.45, 2.75) is 15.2 Å². The van der Waals surface area contributed by atoms with Crippen LogP contribution in [-0.4, -0.2) is 0 Å². The van der Waals surface area contributed by atoms with Gasteiger partial charge >= 0.3 is 0 Å². The van der Waals surface area contributed by atoms with Crippen molar-refractivity contribution in [2.75, 3.05) is 0 Å². The van der Waals surface area contributed by atoms with Gasteiger partial charge in [-0.1, -0.05) is 102 Å². The highest BCUT2D eigenvalue weighted by molar-refractivity contribution is 7.99. The predicted octanol–water partition coefficient (Wildman–Crippen LogP) is 8.71. The Labute approximate surface area is 213 Å². The number of hydrogen-bond acceptors (Lipinski definition) is 2. The van der Waals surface area contributed by atoms with Gasteiger partial charge in [0.15, 0.2) is 0 Å². The zero-order chi connectivity index (χ0) is 23.6. The van der Waals surface area contributed by atoms with Crippen LogP contribution in [0, 0.1) is 11.3 Å². The van der Waals surface area contributed by atoms with Crippen molar-refractivity contribution in [3.63, 3.8) is 0 Å². The highest BCUT2D eigenvalue weighted by atomic mass is 35.5. The van der Waals surface area contributed by atoms with E-state index in [-0.39, 0.29) is 0 Å². The molecule has 7 rings (SSSR count). The number of nitrogens with zero attached hydrogens (tertiary/aromatic N) is 1. The van der Waals surface area contributed by atoms with Gasteiger partial charge < -0.3 is 0 Å². The number of benzene rings is 5. The molecule has 164 valence electrons. The van der Waals surface area contributed by atoms with Gasteiger partial charge in [-0.15, -0.1) is 0 Å². The highest BCUT2D eigenvalue weighted by Crippen LogP contribution is 2.63. The molecule has 0 saturated heterocycles. The second-order valence-electron chi connectivity index (χ2n) is 8.96. The van der Waals surface area contributed by atoms with Crippen LogP contribution in [0.15, 0.2) is 119 Å². The molecule has 0 radical (unpaired) electrons. The van der Waals surface area contributed by atoms with Crippen LogP contribution in [-0.2, 0) is 5.41 Å². The van der Waals surface area contributed by atoms with E-state index in [0.29, 0.717) is 5.56 Å². The number of hydrogen-bond donors (Lipinski definition) is 0. The Hall–Kier alpha value is -3.77. The number of rotatable bonds is 1. The monoisotopic (exact) mass is 483 g/mol. The molecule has 0 fully saturated rings. The average Bonchev–Trinajstić information content (AvgIpc) is 3.20. The van der Waals surface area contributed by atoms with Crippen LogP contribution in [0.1, 0.15) is 27.8 Å². The Kier molecular flexibility index (Phi) is 4.48. The second-order valence-corrected chi connectivity index (χ2v) is 10.4. The van der Waals surface area contributed by atoms with E-state index in [1.54, 1.807) is 11.8 Å². The van der Waals surface area contributed by atoms with Crippen LogP contribution in [0.4, 0.5) is 0 Å². The molecule has 0 bridgehead atoms. The molecule has 1 nitrogen and oxygen atoms in total. The largest absolute Gasteiger partial charge is 0.192 e. The SMILES string of the molecule is N#Cc1cccc(-c2cccc3c2Sc2ccc(Cl)cc2C32c3ccccc3-c3ccccc32)c1. The maximum atomic E-state index is 9.52. The summed E-state index contributed by atoms with van der Waals surface area (Å²) in [5.74, 6) is 0. The smallest absolute Gasteiger partial charge is 0.0991 e. The predicted molar refractivity (Wildman–Crippen MR) is 143 cm³/mol. The number of halogens is 1. The fraction of sp³-hybridized carbons (Fsp3) is 0.0312. The van der Waals surface area contributed by atoms with Gasteiger partial charge in [0.2, 0.25) is 0 Å². The molecule has 2 aliphatic rings. The maximum Gasteiger partial charge on any atom is 0.0991 e. The Balaban J connectivity index is 1.64. The van der Waals surface area contributed by atoms with Gasteiger partial charge in [-0.05, 0) is 74.8 Å². The van der Waals surface area contributed by atoms with Gasteiger partial charge in [0, 0.05) is 14.8 Å². The summed E-state index contributed by atoms with van der Waals surface area (Å²) in [4.78, 5) is 2.43. The molecular weight excluding hydrogens is 466 g/mol. The standard InChI is InChI=1S/C32H18ClNS/c33-22-15-16-30-29(18-22)32(26-12-3-1-9-24(26)25-10-2-4-13-27(25)32)28-14-6-11-23(31(28)35-30)21-8-5-7-20(17-21)19-34/h1-18H. The third-order valence-electron chi connectivity index (χ3n) is 7.23. The molecule has 5 aromatic rings. The molecule has 0 atom stereocenters. The molecule has 1 heterocycles. The third-order valence-corrected chi connectivity index (χ3v) is 8.69. The van der Waals surface area contributed by atoms with Gasteiger partial charge in [0.1, 0.15) is 0 Å². The van der Waals surface area contributed by atoms with Crippen LogP contribution in [0.3, 0.4) is 0 Å². The first-order valence-corrected chi connectivity index (χ1v) is 12.7. The summed E-state index contributed by atoms with van der Waals surface area (Å²) in [6, 6.07) is 40.6. The summed E-state index contributed by atoms with van der Waals surface area (Å²) in [5.41, 5.74) is 10.00. The van der Waals surface area contributed by atoms with Crippen molar-refractivity contribution in [2.24, 2.45) is 0 Å². The summed E-state index contributed by atoms with van der Waals surface area (Å²) in [6.07, 6.45) is 0. The molecule has 5 aromatic carbocycles. The van der Waals surface area contributed by atoms with Crippen LogP contribution >= 0.6 is 23.4 Å². The molecule has 0 unspecified atom stereocenters. The second kappa shape index (κ2) is 7.62. The van der Waals surface area contributed by atoms with Crippen LogP contribution in [0.2, 0.25) is 5.02 Å². The number of fused-ring (bicyclic) bond motifs is 9. The summed E-state index contributed by atoms with van der Waals surface area (Å²) in [7, 11) is 0. The Morgan fingerprint density at radius 2 is 1.29 bits per heavy atom.